The van der Waals surface area contributed by atoms with Crippen molar-refractivity contribution < 1.29 is 4.79 Å². The van der Waals surface area contributed by atoms with Crippen molar-refractivity contribution in [2.75, 3.05) is 26.7 Å². The first-order valence-corrected chi connectivity index (χ1v) is 7.06. The Morgan fingerprint density at radius 1 is 1.12 bits per heavy atom. The lowest BCUT2D eigenvalue weighted by Crippen LogP contribution is -2.43. The van der Waals surface area contributed by atoms with Crippen LogP contribution in [-0.4, -0.2) is 48.4 Å². The second-order valence-corrected chi connectivity index (χ2v) is 5.39. The van der Waals surface area contributed by atoms with Gasteiger partial charge in [0.2, 0.25) is 5.91 Å². The molecular formula is C14H28N2O. The molecule has 1 aliphatic carbocycles. The van der Waals surface area contributed by atoms with Crippen molar-refractivity contribution in [3.05, 3.63) is 0 Å². The summed E-state index contributed by atoms with van der Waals surface area (Å²) in [6.45, 7) is 8.65. The molecule has 0 unspecified atom stereocenters. The van der Waals surface area contributed by atoms with Crippen LogP contribution in [-0.2, 0) is 4.79 Å². The minimum atomic E-state index is 0.274. The number of hydrogen-bond acceptors (Lipinski definition) is 2. The van der Waals surface area contributed by atoms with Crippen LogP contribution in [0.1, 0.15) is 46.5 Å². The largest absolute Gasteiger partial charge is 0.342 e. The Kier molecular flexibility index (Phi) is 5.96. The smallest absolute Gasteiger partial charge is 0.236 e. The second-order valence-electron chi connectivity index (χ2n) is 5.39. The molecule has 100 valence electrons. The molecule has 0 atom stereocenters. The third kappa shape index (κ3) is 4.30. The van der Waals surface area contributed by atoms with E-state index in [1.165, 1.54) is 25.7 Å². The van der Waals surface area contributed by atoms with E-state index in [0.29, 0.717) is 12.6 Å². The van der Waals surface area contributed by atoms with Gasteiger partial charge in [-0.1, -0.05) is 6.92 Å². The second kappa shape index (κ2) is 7.00. The Balaban J connectivity index is 2.37. The zero-order valence-electron chi connectivity index (χ0n) is 11.9. The Morgan fingerprint density at radius 3 is 2.12 bits per heavy atom. The minimum absolute atomic E-state index is 0.274. The number of carbonyl (C=O) groups excluding carboxylic acids is 1. The van der Waals surface area contributed by atoms with Gasteiger partial charge in [0.25, 0.3) is 0 Å². The Bertz CT molecular complexity index is 230. The molecular weight excluding hydrogens is 212 g/mol. The molecule has 1 fully saturated rings. The molecule has 0 N–H and O–H groups in total. The van der Waals surface area contributed by atoms with Crippen molar-refractivity contribution in [2.45, 2.75) is 52.5 Å². The van der Waals surface area contributed by atoms with Gasteiger partial charge in [-0.05, 0) is 52.5 Å². The summed E-state index contributed by atoms with van der Waals surface area (Å²) < 4.78 is 0. The lowest BCUT2D eigenvalue weighted by molar-refractivity contribution is -0.132. The van der Waals surface area contributed by atoms with Crippen LogP contribution in [0.3, 0.4) is 0 Å². The van der Waals surface area contributed by atoms with E-state index in [1.54, 1.807) is 0 Å². The lowest BCUT2D eigenvalue weighted by atomic mass is 9.87. The maximum atomic E-state index is 12.0. The average Bonchev–Trinajstić information content (AvgIpc) is 2.31. The molecule has 0 aromatic carbocycles. The molecule has 3 nitrogen and oxygen atoms in total. The summed E-state index contributed by atoms with van der Waals surface area (Å²) >= 11 is 0. The van der Waals surface area contributed by atoms with E-state index in [4.69, 9.17) is 0 Å². The van der Waals surface area contributed by atoms with Crippen molar-refractivity contribution in [2.24, 2.45) is 5.92 Å². The van der Waals surface area contributed by atoms with E-state index in [1.807, 2.05) is 18.7 Å². The van der Waals surface area contributed by atoms with Crippen molar-refractivity contribution in [1.82, 2.24) is 9.80 Å². The first-order chi connectivity index (χ1) is 8.08. The highest BCUT2D eigenvalue weighted by atomic mass is 16.2. The lowest BCUT2D eigenvalue weighted by Gasteiger charge is -2.34. The normalized spacial score (nSPS) is 25.0. The molecule has 0 heterocycles. The molecule has 1 saturated carbocycles. The predicted octanol–water partition coefficient (Wildman–Crippen LogP) is 2.37. The topological polar surface area (TPSA) is 23.6 Å². The van der Waals surface area contributed by atoms with Crippen LogP contribution in [0.4, 0.5) is 0 Å². The van der Waals surface area contributed by atoms with Crippen LogP contribution in [0.2, 0.25) is 0 Å². The Hall–Kier alpha value is -0.570. The number of amides is 1. The summed E-state index contributed by atoms with van der Waals surface area (Å²) in [6.07, 6.45) is 5.13. The van der Waals surface area contributed by atoms with Gasteiger partial charge in [0, 0.05) is 19.1 Å². The van der Waals surface area contributed by atoms with Gasteiger partial charge < -0.3 is 4.90 Å². The fraction of sp³-hybridized carbons (Fsp3) is 0.929. The maximum absolute atomic E-state index is 12.0. The summed E-state index contributed by atoms with van der Waals surface area (Å²) in [6, 6.07) is 0.616. The summed E-state index contributed by atoms with van der Waals surface area (Å²) in [5, 5.41) is 0. The van der Waals surface area contributed by atoms with Crippen molar-refractivity contribution in [1.29, 1.82) is 0 Å². The summed E-state index contributed by atoms with van der Waals surface area (Å²) in [4.78, 5) is 16.2. The third-order valence-electron chi connectivity index (χ3n) is 4.11. The highest BCUT2D eigenvalue weighted by Gasteiger charge is 2.23. The van der Waals surface area contributed by atoms with Gasteiger partial charge in [0.15, 0.2) is 0 Å². The number of carbonyl (C=O) groups is 1. The Morgan fingerprint density at radius 2 is 1.65 bits per heavy atom. The van der Waals surface area contributed by atoms with Crippen molar-refractivity contribution in [3.8, 4) is 0 Å². The molecule has 17 heavy (non-hydrogen) atoms. The summed E-state index contributed by atoms with van der Waals surface area (Å²) in [7, 11) is 2.10. The number of rotatable bonds is 5. The molecule has 0 aromatic heterocycles. The van der Waals surface area contributed by atoms with Gasteiger partial charge >= 0.3 is 0 Å². The Labute approximate surface area is 106 Å². The first kappa shape index (κ1) is 14.5. The minimum Gasteiger partial charge on any atom is -0.342 e. The number of hydrogen-bond donors (Lipinski definition) is 0. The quantitative estimate of drug-likeness (QED) is 0.736. The maximum Gasteiger partial charge on any atom is 0.236 e. The summed E-state index contributed by atoms with van der Waals surface area (Å²) in [5.41, 5.74) is 0. The van der Waals surface area contributed by atoms with E-state index in [9.17, 15) is 4.79 Å². The average molecular weight is 240 g/mol. The van der Waals surface area contributed by atoms with Crippen LogP contribution < -0.4 is 0 Å². The van der Waals surface area contributed by atoms with Crippen LogP contribution >= 0.6 is 0 Å². The van der Waals surface area contributed by atoms with Crippen LogP contribution in [0.5, 0.6) is 0 Å². The highest BCUT2D eigenvalue weighted by Crippen LogP contribution is 2.26. The van der Waals surface area contributed by atoms with Crippen LogP contribution in [0.25, 0.3) is 0 Å². The molecule has 0 spiro atoms. The molecule has 3 heteroatoms. The molecule has 0 saturated heterocycles. The van der Waals surface area contributed by atoms with Gasteiger partial charge in [0.1, 0.15) is 0 Å². The number of likely N-dealkylation sites (N-methyl/N-ethyl adjacent to an activating group) is 2. The fourth-order valence-electron chi connectivity index (χ4n) is 2.70. The SMILES string of the molecule is CCN(CC)C(=O)CN(C)C1CCC(C)CC1. The monoisotopic (exact) mass is 240 g/mol. The van der Waals surface area contributed by atoms with E-state index in [-0.39, 0.29) is 5.91 Å². The standard InChI is InChI=1S/C14H28N2O/c1-5-16(6-2)14(17)11-15(4)13-9-7-12(3)8-10-13/h12-13H,5-11H2,1-4H3. The van der Waals surface area contributed by atoms with E-state index in [0.717, 1.165) is 19.0 Å². The van der Waals surface area contributed by atoms with E-state index < -0.39 is 0 Å². The van der Waals surface area contributed by atoms with Gasteiger partial charge in [-0.3, -0.25) is 9.69 Å². The highest BCUT2D eigenvalue weighted by molar-refractivity contribution is 5.78. The van der Waals surface area contributed by atoms with Gasteiger partial charge in [-0.2, -0.15) is 0 Å². The first-order valence-electron chi connectivity index (χ1n) is 7.06. The number of nitrogens with zero attached hydrogens (tertiary/aromatic N) is 2. The third-order valence-corrected chi connectivity index (χ3v) is 4.11. The van der Waals surface area contributed by atoms with Gasteiger partial charge in [0.05, 0.1) is 6.54 Å². The zero-order chi connectivity index (χ0) is 12.8. The molecule has 0 bridgehead atoms. The van der Waals surface area contributed by atoms with Crippen LogP contribution in [0, 0.1) is 5.92 Å². The van der Waals surface area contributed by atoms with Gasteiger partial charge in [-0.15, -0.1) is 0 Å². The van der Waals surface area contributed by atoms with Crippen LogP contribution in [0.15, 0.2) is 0 Å². The van der Waals surface area contributed by atoms with Gasteiger partial charge in [-0.25, -0.2) is 0 Å². The molecule has 0 aromatic rings. The molecule has 1 aliphatic rings. The molecule has 0 aliphatic heterocycles. The summed E-state index contributed by atoms with van der Waals surface area (Å²) in [5.74, 6) is 1.15. The molecule has 1 rings (SSSR count). The fourth-order valence-corrected chi connectivity index (χ4v) is 2.70. The van der Waals surface area contributed by atoms with E-state index >= 15 is 0 Å². The molecule has 1 amide bonds. The van der Waals surface area contributed by atoms with Crippen molar-refractivity contribution >= 4 is 5.91 Å². The van der Waals surface area contributed by atoms with E-state index in [2.05, 4.69) is 18.9 Å². The molecule has 0 radical (unpaired) electrons. The van der Waals surface area contributed by atoms with Crippen molar-refractivity contribution in [3.63, 3.8) is 0 Å². The predicted molar refractivity (Wildman–Crippen MR) is 72.0 cm³/mol. The zero-order valence-corrected chi connectivity index (χ0v) is 11.9.